The summed E-state index contributed by atoms with van der Waals surface area (Å²) < 4.78 is 0. The average molecular weight is 292 g/mol. The molecule has 2 aliphatic carbocycles. The Bertz CT molecular complexity index is 479. The summed E-state index contributed by atoms with van der Waals surface area (Å²) in [4.78, 5) is 25.1. The third-order valence-electron chi connectivity index (χ3n) is 6.48. The first kappa shape index (κ1) is 16.3. The summed E-state index contributed by atoms with van der Waals surface area (Å²) >= 11 is 0. The molecule has 3 nitrogen and oxygen atoms in total. The first-order valence-corrected chi connectivity index (χ1v) is 8.02. The van der Waals surface area contributed by atoms with Crippen LogP contribution in [-0.4, -0.2) is 16.9 Å². The molecule has 0 aromatic carbocycles. The first-order valence-electron chi connectivity index (χ1n) is 8.02. The van der Waals surface area contributed by atoms with E-state index < -0.39 is 16.8 Å². The van der Waals surface area contributed by atoms with Crippen molar-refractivity contribution in [3.63, 3.8) is 0 Å². The fourth-order valence-electron chi connectivity index (χ4n) is 5.36. The smallest absolute Gasteiger partial charge is 0.318 e. The maximum absolute atomic E-state index is 12.9. The largest absolute Gasteiger partial charge is 0.480 e. The molecule has 0 bridgehead atoms. The SMILES string of the molecule is C=CC[C@@]1(C(=O)O)C(=O)[C@H](C)CC2C(C)(C)CCC[C@@]21C. The van der Waals surface area contributed by atoms with Gasteiger partial charge in [-0.1, -0.05) is 40.2 Å². The summed E-state index contributed by atoms with van der Waals surface area (Å²) in [6.07, 6.45) is 5.60. The van der Waals surface area contributed by atoms with E-state index in [9.17, 15) is 14.7 Å². The first-order chi connectivity index (χ1) is 9.63. The molecule has 0 saturated heterocycles. The number of allylic oxidation sites excluding steroid dienone is 1. The maximum atomic E-state index is 12.9. The van der Waals surface area contributed by atoms with Gasteiger partial charge in [-0.2, -0.15) is 0 Å². The molecular formula is C18H28O3. The monoisotopic (exact) mass is 292 g/mol. The molecule has 2 aliphatic rings. The van der Waals surface area contributed by atoms with Gasteiger partial charge in [0.15, 0.2) is 5.78 Å². The standard InChI is InChI=1S/C18H28O3/c1-6-8-18(15(20)21)14(19)12(2)11-13-16(3,4)9-7-10-17(13,18)5/h6,12-13H,1,7-11H2,2-5H3,(H,20,21)/t12-,13?,17+,18+/m1/s1. The summed E-state index contributed by atoms with van der Waals surface area (Å²) in [5.74, 6) is -0.963. The zero-order chi connectivity index (χ0) is 16.1. The number of carboxylic acids is 1. The van der Waals surface area contributed by atoms with Crippen LogP contribution in [0.4, 0.5) is 0 Å². The Morgan fingerprint density at radius 2 is 2.00 bits per heavy atom. The molecule has 1 unspecified atom stereocenters. The number of carbonyl (C=O) groups is 2. The summed E-state index contributed by atoms with van der Waals surface area (Å²) in [5.41, 5.74) is -1.68. The van der Waals surface area contributed by atoms with E-state index in [1.807, 2.05) is 13.8 Å². The summed E-state index contributed by atoms with van der Waals surface area (Å²) in [7, 11) is 0. The van der Waals surface area contributed by atoms with E-state index in [2.05, 4.69) is 20.4 Å². The van der Waals surface area contributed by atoms with Crippen LogP contribution in [-0.2, 0) is 9.59 Å². The molecule has 21 heavy (non-hydrogen) atoms. The number of fused-ring (bicyclic) bond motifs is 1. The Morgan fingerprint density at radius 3 is 2.52 bits per heavy atom. The quantitative estimate of drug-likeness (QED) is 0.630. The van der Waals surface area contributed by atoms with Crippen molar-refractivity contribution in [3.8, 4) is 0 Å². The lowest BCUT2D eigenvalue weighted by Gasteiger charge is -2.61. The molecule has 0 aliphatic heterocycles. The van der Waals surface area contributed by atoms with Crippen LogP contribution >= 0.6 is 0 Å². The lowest BCUT2D eigenvalue weighted by Crippen LogP contribution is -2.64. The van der Waals surface area contributed by atoms with Gasteiger partial charge < -0.3 is 5.11 Å². The molecular weight excluding hydrogens is 264 g/mol. The van der Waals surface area contributed by atoms with Gasteiger partial charge in [0.1, 0.15) is 5.41 Å². The Kier molecular flexibility index (Phi) is 3.84. The minimum atomic E-state index is -1.30. The van der Waals surface area contributed by atoms with Gasteiger partial charge in [0, 0.05) is 5.92 Å². The Balaban J connectivity index is 2.66. The number of rotatable bonds is 3. The van der Waals surface area contributed by atoms with Crippen molar-refractivity contribution in [3.05, 3.63) is 12.7 Å². The van der Waals surface area contributed by atoms with Gasteiger partial charge in [-0.15, -0.1) is 6.58 Å². The number of aliphatic carboxylic acids is 1. The third-order valence-corrected chi connectivity index (χ3v) is 6.48. The molecule has 118 valence electrons. The number of hydrogen-bond donors (Lipinski definition) is 1. The van der Waals surface area contributed by atoms with Gasteiger partial charge in [0.05, 0.1) is 0 Å². The van der Waals surface area contributed by atoms with Crippen LogP contribution in [0.2, 0.25) is 0 Å². The Labute approximate surface area is 127 Å². The van der Waals surface area contributed by atoms with E-state index in [1.54, 1.807) is 6.08 Å². The van der Waals surface area contributed by atoms with Crippen LogP contribution in [0.3, 0.4) is 0 Å². The van der Waals surface area contributed by atoms with Gasteiger partial charge >= 0.3 is 5.97 Å². The van der Waals surface area contributed by atoms with Crippen LogP contribution in [0, 0.1) is 28.1 Å². The molecule has 2 saturated carbocycles. The van der Waals surface area contributed by atoms with E-state index in [1.165, 1.54) is 0 Å². The van der Waals surface area contributed by atoms with Crippen molar-refractivity contribution >= 4 is 11.8 Å². The van der Waals surface area contributed by atoms with Crippen molar-refractivity contribution in [2.24, 2.45) is 28.1 Å². The van der Waals surface area contributed by atoms with Crippen molar-refractivity contribution in [1.29, 1.82) is 0 Å². The second-order valence-electron chi connectivity index (χ2n) is 8.02. The number of carbonyl (C=O) groups excluding carboxylic acids is 1. The van der Waals surface area contributed by atoms with Crippen molar-refractivity contribution < 1.29 is 14.7 Å². The maximum Gasteiger partial charge on any atom is 0.318 e. The molecule has 2 rings (SSSR count). The van der Waals surface area contributed by atoms with Crippen molar-refractivity contribution in [2.75, 3.05) is 0 Å². The molecule has 0 amide bonds. The molecule has 0 radical (unpaired) electrons. The third kappa shape index (κ3) is 2.00. The van der Waals surface area contributed by atoms with E-state index in [-0.39, 0.29) is 29.5 Å². The highest BCUT2D eigenvalue weighted by molar-refractivity contribution is 6.06. The van der Waals surface area contributed by atoms with Gasteiger partial charge in [-0.05, 0) is 42.4 Å². The molecule has 0 aromatic heterocycles. The zero-order valence-electron chi connectivity index (χ0n) is 13.7. The molecule has 0 aromatic rings. The predicted molar refractivity (Wildman–Crippen MR) is 82.9 cm³/mol. The highest BCUT2D eigenvalue weighted by Crippen LogP contribution is 2.65. The fraction of sp³-hybridized carbons (Fsp3) is 0.778. The second-order valence-corrected chi connectivity index (χ2v) is 8.02. The van der Waals surface area contributed by atoms with Crippen molar-refractivity contribution in [2.45, 2.75) is 59.8 Å². The van der Waals surface area contributed by atoms with Gasteiger partial charge in [0.2, 0.25) is 0 Å². The Morgan fingerprint density at radius 1 is 1.38 bits per heavy atom. The number of carboxylic acid groups (broad SMARTS) is 1. The fourth-order valence-corrected chi connectivity index (χ4v) is 5.36. The molecule has 0 spiro atoms. The van der Waals surface area contributed by atoms with Crippen LogP contribution in [0.25, 0.3) is 0 Å². The highest BCUT2D eigenvalue weighted by atomic mass is 16.4. The van der Waals surface area contributed by atoms with Crippen LogP contribution < -0.4 is 0 Å². The molecule has 3 heteroatoms. The topological polar surface area (TPSA) is 54.4 Å². The van der Waals surface area contributed by atoms with E-state index in [4.69, 9.17) is 0 Å². The normalized spacial score (nSPS) is 42.2. The van der Waals surface area contributed by atoms with Gasteiger partial charge in [0.25, 0.3) is 0 Å². The average Bonchev–Trinajstić information content (AvgIpc) is 2.37. The van der Waals surface area contributed by atoms with E-state index in [0.29, 0.717) is 0 Å². The molecule has 1 N–H and O–H groups in total. The summed E-state index contributed by atoms with van der Waals surface area (Å²) in [6, 6.07) is 0. The van der Waals surface area contributed by atoms with E-state index in [0.717, 1.165) is 25.7 Å². The zero-order valence-corrected chi connectivity index (χ0v) is 13.7. The minimum Gasteiger partial charge on any atom is -0.480 e. The lowest BCUT2D eigenvalue weighted by atomic mass is 9.41. The summed E-state index contributed by atoms with van der Waals surface area (Å²) in [6.45, 7) is 12.1. The highest BCUT2D eigenvalue weighted by Gasteiger charge is 2.67. The Hall–Kier alpha value is -1.12. The minimum absolute atomic E-state index is 0.0871. The van der Waals surface area contributed by atoms with E-state index >= 15 is 0 Å². The summed E-state index contributed by atoms with van der Waals surface area (Å²) in [5, 5.41) is 10.0. The molecule has 2 fully saturated rings. The van der Waals surface area contributed by atoms with Crippen LogP contribution in [0.5, 0.6) is 0 Å². The van der Waals surface area contributed by atoms with Crippen LogP contribution in [0.15, 0.2) is 12.7 Å². The van der Waals surface area contributed by atoms with Gasteiger partial charge in [-0.25, -0.2) is 0 Å². The van der Waals surface area contributed by atoms with Crippen molar-refractivity contribution in [1.82, 2.24) is 0 Å². The molecule has 4 atom stereocenters. The number of ketones is 1. The van der Waals surface area contributed by atoms with Crippen LogP contribution in [0.1, 0.15) is 59.8 Å². The predicted octanol–water partition coefficient (Wildman–Crippen LogP) is 4.08. The second kappa shape index (κ2) is 4.96. The van der Waals surface area contributed by atoms with Gasteiger partial charge in [-0.3, -0.25) is 9.59 Å². The number of hydrogen-bond acceptors (Lipinski definition) is 2. The number of Topliss-reactive ketones (excluding diaryl/α,β-unsaturated/α-hetero) is 1. The lowest BCUT2D eigenvalue weighted by molar-refractivity contribution is -0.189. The molecule has 0 heterocycles.